The first-order valence-corrected chi connectivity index (χ1v) is 19.9. The monoisotopic (exact) mass is 771 g/mol. The number of carbonyl (C=O) groups excluding carboxylic acids is 3. The lowest BCUT2D eigenvalue weighted by molar-refractivity contribution is -0.165. The minimum absolute atomic E-state index is 0. The zero-order chi connectivity index (χ0) is 38.3. The zero-order valence-corrected chi connectivity index (χ0v) is 32.9. The zero-order valence-electron chi connectivity index (χ0n) is 32.9. The van der Waals surface area contributed by atoms with E-state index in [1.165, 1.54) is 0 Å². The van der Waals surface area contributed by atoms with Crippen molar-refractivity contribution in [3.8, 4) is 0 Å². The van der Waals surface area contributed by atoms with Crippen LogP contribution < -0.4 is 0 Å². The molecule has 0 radical (unpaired) electrons. The van der Waals surface area contributed by atoms with E-state index in [0.717, 1.165) is 77.0 Å². The topological polar surface area (TPSA) is 140 Å². The molecule has 0 aliphatic carbocycles. The van der Waals surface area contributed by atoms with E-state index in [9.17, 15) is 29.7 Å². The van der Waals surface area contributed by atoms with Gasteiger partial charge in [-0.15, -0.1) is 0 Å². The van der Waals surface area contributed by atoms with Gasteiger partial charge in [0.2, 0.25) is 0 Å². The molecule has 0 rings (SSSR count). The van der Waals surface area contributed by atoms with Crippen LogP contribution in [0.25, 0.3) is 0 Å². The van der Waals surface area contributed by atoms with Crippen molar-refractivity contribution in [2.24, 2.45) is 17.8 Å². The smallest absolute Gasteiger partial charge is 0.310 e. The fraction of sp³-hybridized carbons (Fsp3) is 0.800. The van der Waals surface area contributed by atoms with Gasteiger partial charge in [0.25, 0.3) is 0 Å². The third-order valence-electron chi connectivity index (χ3n) is 9.40. The van der Waals surface area contributed by atoms with E-state index in [4.69, 9.17) is 14.2 Å². The molecule has 3 N–H and O–H groups in total. The summed E-state index contributed by atoms with van der Waals surface area (Å²) in [4.78, 5) is 37.5. The van der Waals surface area contributed by atoms with Gasteiger partial charge >= 0.3 is 17.9 Å². The Morgan fingerprint density at radius 2 is 0.778 bits per heavy atom. The number of ether oxygens (including phenoxy) is 3. The summed E-state index contributed by atoms with van der Waals surface area (Å²) in [5.74, 6) is -1.11. The molecule has 6 unspecified atom stereocenters. The lowest BCUT2D eigenvalue weighted by Crippen LogP contribution is -2.30. The average Bonchev–Trinajstić information content (AvgIpc) is 3.11. The molecule has 0 heterocycles. The average molecular weight is 771 g/mol. The SMILES string of the molecule is C.C.C.CCCCCC(C)C(O)C/C=C/CC(=O)OCC(COC(=O)C/C=C/CC(O)C(C)CCCCC)OC(=O)C/C=C/CC(O)C(C)CCCCC. The highest BCUT2D eigenvalue weighted by Crippen LogP contribution is 2.18. The first-order chi connectivity index (χ1) is 24.4. The summed E-state index contributed by atoms with van der Waals surface area (Å²) >= 11 is 0. The van der Waals surface area contributed by atoms with Crippen molar-refractivity contribution in [2.45, 2.75) is 204 Å². The molecule has 0 aliphatic rings. The first kappa shape index (κ1) is 58.2. The fourth-order valence-electron chi connectivity index (χ4n) is 5.51. The molecule has 0 saturated carbocycles. The Hall–Kier alpha value is -2.49. The van der Waals surface area contributed by atoms with Gasteiger partial charge in [0.05, 0.1) is 37.6 Å². The number of esters is 3. The highest BCUT2D eigenvalue weighted by molar-refractivity contribution is 5.73. The van der Waals surface area contributed by atoms with Crippen molar-refractivity contribution in [1.82, 2.24) is 0 Å². The molecular formula is C45H86O9. The molecular weight excluding hydrogens is 684 g/mol. The van der Waals surface area contributed by atoms with E-state index >= 15 is 0 Å². The number of aliphatic hydroxyl groups excluding tert-OH is 3. The van der Waals surface area contributed by atoms with E-state index < -0.39 is 42.3 Å². The van der Waals surface area contributed by atoms with Crippen LogP contribution in [0.1, 0.15) is 179 Å². The largest absolute Gasteiger partial charge is 0.461 e. The Morgan fingerprint density at radius 3 is 1.07 bits per heavy atom. The van der Waals surface area contributed by atoms with Crippen molar-refractivity contribution >= 4 is 17.9 Å². The molecule has 320 valence electrons. The molecule has 6 atom stereocenters. The van der Waals surface area contributed by atoms with E-state index in [-0.39, 0.29) is 72.5 Å². The Bertz CT molecular complexity index is 924. The van der Waals surface area contributed by atoms with Crippen LogP contribution >= 0.6 is 0 Å². The second-order valence-electron chi connectivity index (χ2n) is 14.3. The van der Waals surface area contributed by atoms with E-state index in [2.05, 4.69) is 20.8 Å². The lowest BCUT2D eigenvalue weighted by Gasteiger charge is -2.18. The van der Waals surface area contributed by atoms with Crippen LogP contribution in [-0.2, 0) is 28.6 Å². The minimum atomic E-state index is -0.993. The van der Waals surface area contributed by atoms with Gasteiger partial charge in [0, 0.05) is 0 Å². The summed E-state index contributed by atoms with van der Waals surface area (Å²) in [6.07, 6.45) is 22.1. The molecule has 0 aromatic rings. The summed E-state index contributed by atoms with van der Waals surface area (Å²) in [7, 11) is 0. The Labute approximate surface area is 332 Å². The third-order valence-corrected chi connectivity index (χ3v) is 9.40. The number of rotatable bonds is 32. The van der Waals surface area contributed by atoms with Gasteiger partial charge in [0.15, 0.2) is 6.10 Å². The molecule has 9 heteroatoms. The Balaban J connectivity index is -0.00000417. The van der Waals surface area contributed by atoms with Crippen molar-refractivity contribution in [1.29, 1.82) is 0 Å². The Kier molecular flexibility index (Phi) is 41.8. The first-order valence-electron chi connectivity index (χ1n) is 19.9. The molecule has 0 fully saturated rings. The van der Waals surface area contributed by atoms with Crippen LogP contribution in [0.4, 0.5) is 0 Å². The Morgan fingerprint density at radius 1 is 0.481 bits per heavy atom. The predicted molar refractivity (Wildman–Crippen MR) is 225 cm³/mol. The minimum Gasteiger partial charge on any atom is -0.461 e. The van der Waals surface area contributed by atoms with Crippen LogP contribution in [0.3, 0.4) is 0 Å². The maximum Gasteiger partial charge on any atom is 0.310 e. The van der Waals surface area contributed by atoms with Gasteiger partial charge in [0.1, 0.15) is 13.2 Å². The molecule has 0 spiro atoms. The molecule has 9 nitrogen and oxygen atoms in total. The fourth-order valence-corrected chi connectivity index (χ4v) is 5.51. The van der Waals surface area contributed by atoms with Crippen molar-refractivity contribution in [3.05, 3.63) is 36.5 Å². The van der Waals surface area contributed by atoms with Crippen LogP contribution in [-0.4, -0.2) is 70.9 Å². The van der Waals surface area contributed by atoms with Crippen LogP contribution in [0.5, 0.6) is 0 Å². The molecule has 0 amide bonds. The normalized spacial score (nSPS) is 15.3. The van der Waals surface area contributed by atoms with Crippen LogP contribution in [0.2, 0.25) is 0 Å². The third kappa shape index (κ3) is 32.9. The molecule has 0 bridgehead atoms. The van der Waals surface area contributed by atoms with Crippen molar-refractivity contribution in [3.63, 3.8) is 0 Å². The second-order valence-corrected chi connectivity index (χ2v) is 14.3. The number of hydrogen-bond acceptors (Lipinski definition) is 9. The van der Waals surface area contributed by atoms with Crippen LogP contribution in [0.15, 0.2) is 36.5 Å². The molecule has 0 aromatic heterocycles. The molecule has 0 saturated heterocycles. The quantitative estimate of drug-likeness (QED) is 0.0264. The van der Waals surface area contributed by atoms with Gasteiger partial charge in [-0.1, -0.05) is 158 Å². The van der Waals surface area contributed by atoms with Gasteiger partial charge < -0.3 is 29.5 Å². The molecule has 0 aliphatic heterocycles. The summed E-state index contributed by atoms with van der Waals surface area (Å²) in [6, 6.07) is 0. The second kappa shape index (κ2) is 38.8. The summed E-state index contributed by atoms with van der Waals surface area (Å²) < 4.78 is 16.2. The van der Waals surface area contributed by atoms with Crippen molar-refractivity contribution < 1.29 is 43.9 Å². The highest BCUT2D eigenvalue weighted by Gasteiger charge is 2.19. The van der Waals surface area contributed by atoms with Gasteiger partial charge in [-0.05, 0) is 56.3 Å². The molecule has 0 aromatic carbocycles. The van der Waals surface area contributed by atoms with E-state index in [0.29, 0.717) is 19.3 Å². The van der Waals surface area contributed by atoms with Crippen molar-refractivity contribution in [2.75, 3.05) is 13.2 Å². The summed E-state index contributed by atoms with van der Waals surface area (Å²) in [5, 5.41) is 31.2. The summed E-state index contributed by atoms with van der Waals surface area (Å²) in [5.41, 5.74) is 0. The number of aliphatic hydroxyl groups is 3. The number of hydrogen-bond donors (Lipinski definition) is 3. The lowest BCUT2D eigenvalue weighted by atomic mass is 9.95. The number of carbonyl (C=O) groups is 3. The van der Waals surface area contributed by atoms with Gasteiger partial charge in [-0.25, -0.2) is 0 Å². The number of unbranched alkanes of at least 4 members (excludes halogenated alkanes) is 6. The van der Waals surface area contributed by atoms with Gasteiger partial charge in [-0.3, -0.25) is 14.4 Å². The van der Waals surface area contributed by atoms with Gasteiger partial charge in [-0.2, -0.15) is 0 Å². The standard InChI is InChI=1S/C42H74O9.3CH4/c1-7-10-13-22-33(4)37(43)25-16-19-28-40(46)49-31-36(51-42(48)30-21-18-27-39(45)35(6)24-15-12-9-3)32-50-41(47)29-20-17-26-38(44)34(5)23-14-11-8-2;;;/h16-21,33-39,43-45H,7-15,22-32H2,1-6H3;3*1H4/b19-16+,20-17+,21-18+;;;. The highest BCUT2D eigenvalue weighted by atomic mass is 16.6. The summed E-state index contributed by atoms with van der Waals surface area (Å²) in [6.45, 7) is 12.0. The maximum atomic E-state index is 12.6. The maximum absolute atomic E-state index is 12.6. The van der Waals surface area contributed by atoms with Crippen LogP contribution in [0, 0.1) is 17.8 Å². The van der Waals surface area contributed by atoms with E-state index in [1.807, 2.05) is 20.8 Å². The predicted octanol–water partition coefficient (Wildman–Crippen LogP) is 10.6. The molecule has 54 heavy (non-hydrogen) atoms. The van der Waals surface area contributed by atoms with E-state index in [1.54, 1.807) is 36.5 Å².